The van der Waals surface area contributed by atoms with Gasteiger partial charge in [-0.1, -0.05) is 28.1 Å². The number of aliphatic imine (C=N–C) groups is 1. The average molecular weight is 403 g/mol. The maximum atomic E-state index is 9.95. The van der Waals surface area contributed by atoms with Crippen molar-refractivity contribution in [2.75, 3.05) is 26.7 Å². The lowest BCUT2D eigenvalue weighted by Gasteiger charge is -2.26. The highest BCUT2D eigenvalue weighted by molar-refractivity contribution is 9.10. The zero-order chi connectivity index (χ0) is 17.6. The van der Waals surface area contributed by atoms with Crippen LogP contribution in [0.1, 0.15) is 30.0 Å². The Balaban J connectivity index is 1.77. The van der Waals surface area contributed by atoms with E-state index in [4.69, 9.17) is 4.74 Å². The van der Waals surface area contributed by atoms with E-state index in [9.17, 15) is 5.11 Å². The van der Waals surface area contributed by atoms with E-state index in [-0.39, 0.29) is 11.8 Å². The van der Waals surface area contributed by atoms with Crippen LogP contribution in [0.2, 0.25) is 0 Å². The van der Waals surface area contributed by atoms with Gasteiger partial charge in [0.1, 0.15) is 11.5 Å². The minimum absolute atomic E-state index is 0.245. The summed E-state index contributed by atoms with van der Waals surface area (Å²) in [6.07, 6.45) is 4.23. The number of likely N-dealkylation sites (tertiary alicyclic amines) is 1. The summed E-state index contributed by atoms with van der Waals surface area (Å²) in [5.74, 6) is 1.11. The summed E-state index contributed by atoms with van der Waals surface area (Å²) in [5, 5.41) is 9.95. The molecule has 0 saturated carbocycles. The standard InChI is InChI=1S/C20H23BrN2O2/c1-25-18-7-4-15(5-8-18)19(23-10-2-3-11-23)14-22-13-16-12-17(21)6-9-20(16)24/h4-9,12-13,19,24H,2-3,10-11,14H2,1H3/t19-/m0/s1. The quantitative estimate of drug-likeness (QED) is 0.727. The van der Waals surface area contributed by atoms with Gasteiger partial charge in [-0.15, -0.1) is 0 Å². The molecule has 2 aromatic rings. The maximum absolute atomic E-state index is 9.95. The minimum Gasteiger partial charge on any atom is -0.507 e. The van der Waals surface area contributed by atoms with Crippen LogP contribution in [0, 0.1) is 0 Å². The van der Waals surface area contributed by atoms with Gasteiger partial charge in [0, 0.05) is 16.3 Å². The Morgan fingerprint density at radius 1 is 1.20 bits per heavy atom. The van der Waals surface area contributed by atoms with Crippen LogP contribution in [0.4, 0.5) is 0 Å². The first-order chi connectivity index (χ1) is 12.2. The van der Waals surface area contributed by atoms with E-state index in [2.05, 4.69) is 38.0 Å². The van der Waals surface area contributed by atoms with Crippen molar-refractivity contribution >= 4 is 22.1 Å². The van der Waals surface area contributed by atoms with Gasteiger partial charge in [0.15, 0.2) is 0 Å². The molecule has 3 rings (SSSR count). The third-order valence-corrected chi connectivity index (χ3v) is 5.07. The molecule has 0 aromatic heterocycles. The molecule has 4 nitrogen and oxygen atoms in total. The zero-order valence-corrected chi connectivity index (χ0v) is 15.9. The second-order valence-electron chi connectivity index (χ2n) is 6.23. The number of aromatic hydroxyl groups is 1. The third kappa shape index (κ3) is 4.61. The Morgan fingerprint density at radius 3 is 2.60 bits per heavy atom. The van der Waals surface area contributed by atoms with Crippen molar-refractivity contribution in [1.82, 2.24) is 4.90 Å². The Bertz CT molecular complexity index is 725. The molecule has 1 N–H and O–H groups in total. The van der Waals surface area contributed by atoms with Crippen LogP contribution in [-0.2, 0) is 0 Å². The van der Waals surface area contributed by atoms with Crippen LogP contribution < -0.4 is 4.74 Å². The number of hydrogen-bond acceptors (Lipinski definition) is 4. The number of methoxy groups -OCH3 is 1. The topological polar surface area (TPSA) is 45.1 Å². The lowest BCUT2D eigenvalue weighted by atomic mass is 10.1. The van der Waals surface area contributed by atoms with E-state index in [0.717, 1.165) is 28.9 Å². The van der Waals surface area contributed by atoms with E-state index in [0.29, 0.717) is 6.54 Å². The molecule has 0 bridgehead atoms. The summed E-state index contributed by atoms with van der Waals surface area (Å²) >= 11 is 3.43. The summed E-state index contributed by atoms with van der Waals surface area (Å²) in [6.45, 7) is 2.88. The molecule has 0 aliphatic carbocycles. The highest BCUT2D eigenvalue weighted by atomic mass is 79.9. The van der Waals surface area contributed by atoms with Crippen molar-refractivity contribution in [1.29, 1.82) is 0 Å². The van der Waals surface area contributed by atoms with Gasteiger partial charge in [-0.05, 0) is 61.8 Å². The van der Waals surface area contributed by atoms with Gasteiger partial charge in [0.05, 0.1) is 19.7 Å². The van der Waals surface area contributed by atoms with Crippen molar-refractivity contribution < 1.29 is 9.84 Å². The smallest absolute Gasteiger partial charge is 0.124 e. The summed E-state index contributed by atoms with van der Waals surface area (Å²) in [7, 11) is 1.68. The van der Waals surface area contributed by atoms with Crippen molar-refractivity contribution in [3.8, 4) is 11.5 Å². The molecule has 25 heavy (non-hydrogen) atoms. The van der Waals surface area contributed by atoms with E-state index in [1.807, 2.05) is 24.3 Å². The summed E-state index contributed by atoms with van der Waals surface area (Å²) in [6, 6.07) is 13.9. The van der Waals surface area contributed by atoms with E-state index in [1.54, 1.807) is 19.4 Å². The number of ether oxygens (including phenoxy) is 1. The van der Waals surface area contributed by atoms with Crippen LogP contribution in [0.3, 0.4) is 0 Å². The van der Waals surface area contributed by atoms with Crippen LogP contribution in [0.25, 0.3) is 0 Å². The number of benzene rings is 2. The number of halogens is 1. The van der Waals surface area contributed by atoms with Gasteiger partial charge in [0.25, 0.3) is 0 Å². The molecule has 1 atom stereocenters. The summed E-state index contributed by atoms with van der Waals surface area (Å²) < 4.78 is 6.19. The minimum atomic E-state index is 0.245. The molecule has 0 spiro atoms. The monoisotopic (exact) mass is 402 g/mol. The first kappa shape index (κ1) is 18.0. The van der Waals surface area contributed by atoms with Gasteiger partial charge in [0.2, 0.25) is 0 Å². The van der Waals surface area contributed by atoms with Crippen LogP contribution in [0.5, 0.6) is 11.5 Å². The fraction of sp³-hybridized carbons (Fsp3) is 0.350. The third-order valence-electron chi connectivity index (χ3n) is 4.58. The lowest BCUT2D eigenvalue weighted by Crippen LogP contribution is -2.27. The van der Waals surface area contributed by atoms with Crippen molar-refractivity contribution in [2.24, 2.45) is 4.99 Å². The number of rotatable bonds is 6. The second kappa shape index (κ2) is 8.50. The SMILES string of the molecule is COc1ccc([C@H](CN=Cc2cc(Br)ccc2O)N2CCCC2)cc1. The fourth-order valence-electron chi connectivity index (χ4n) is 3.19. The van der Waals surface area contributed by atoms with E-state index in [1.165, 1.54) is 18.4 Å². The van der Waals surface area contributed by atoms with Crippen molar-refractivity contribution in [2.45, 2.75) is 18.9 Å². The van der Waals surface area contributed by atoms with Gasteiger partial charge in [-0.3, -0.25) is 9.89 Å². The number of phenolic OH excluding ortho intramolecular Hbond substituents is 1. The van der Waals surface area contributed by atoms with Crippen molar-refractivity contribution in [3.05, 3.63) is 58.1 Å². The molecule has 1 aliphatic rings. The van der Waals surface area contributed by atoms with Crippen LogP contribution >= 0.6 is 15.9 Å². The predicted octanol–water partition coefficient (Wildman–Crippen LogP) is 4.42. The highest BCUT2D eigenvalue weighted by Crippen LogP contribution is 2.27. The molecule has 2 aromatic carbocycles. The summed E-state index contributed by atoms with van der Waals surface area (Å²) in [4.78, 5) is 7.11. The number of nitrogens with zero attached hydrogens (tertiary/aromatic N) is 2. The fourth-order valence-corrected chi connectivity index (χ4v) is 3.57. The average Bonchev–Trinajstić information content (AvgIpc) is 3.16. The first-order valence-corrected chi connectivity index (χ1v) is 9.33. The molecule has 0 radical (unpaired) electrons. The maximum Gasteiger partial charge on any atom is 0.124 e. The molecule has 0 amide bonds. The van der Waals surface area contributed by atoms with Crippen LogP contribution in [0.15, 0.2) is 51.9 Å². The predicted molar refractivity (Wildman–Crippen MR) is 105 cm³/mol. The Kier molecular flexibility index (Phi) is 6.10. The molecule has 0 unspecified atom stereocenters. The van der Waals surface area contributed by atoms with Gasteiger partial charge in [-0.2, -0.15) is 0 Å². The molecular weight excluding hydrogens is 380 g/mol. The molecular formula is C20H23BrN2O2. The highest BCUT2D eigenvalue weighted by Gasteiger charge is 2.23. The largest absolute Gasteiger partial charge is 0.507 e. The molecule has 132 valence electrons. The van der Waals surface area contributed by atoms with Gasteiger partial charge in [-0.25, -0.2) is 0 Å². The molecule has 5 heteroatoms. The molecule has 1 saturated heterocycles. The lowest BCUT2D eigenvalue weighted by molar-refractivity contribution is 0.252. The molecule has 1 fully saturated rings. The van der Waals surface area contributed by atoms with Gasteiger partial charge < -0.3 is 9.84 Å². The zero-order valence-electron chi connectivity index (χ0n) is 14.4. The van der Waals surface area contributed by atoms with Crippen molar-refractivity contribution in [3.63, 3.8) is 0 Å². The molecule has 1 aliphatic heterocycles. The number of phenols is 1. The summed E-state index contributed by atoms with van der Waals surface area (Å²) in [5.41, 5.74) is 1.97. The second-order valence-corrected chi connectivity index (χ2v) is 7.15. The molecule has 1 heterocycles. The van der Waals surface area contributed by atoms with Gasteiger partial charge >= 0.3 is 0 Å². The van der Waals surface area contributed by atoms with E-state index >= 15 is 0 Å². The Hall–Kier alpha value is -1.85. The van der Waals surface area contributed by atoms with E-state index < -0.39 is 0 Å². The first-order valence-electron chi connectivity index (χ1n) is 8.54. The van der Waals surface area contributed by atoms with Crippen LogP contribution in [-0.4, -0.2) is 43.0 Å². The Labute approximate surface area is 157 Å². The normalized spacial score (nSPS) is 16.4. The number of hydrogen-bond donors (Lipinski definition) is 1. The Morgan fingerprint density at radius 2 is 1.92 bits per heavy atom.